The van der Waals surface area contributed by atoms with Crippen LogP contribution in [0.25, 0.3) is 114 Å². The van der Waals surface area contributed by atoms with Crippen LogP contribution in [0, 0.1) is 34.6 Å². The van der Waals surface area contributed by atoms with Gasteiger partial charge in [-0.1, -0.05) is 199 Å². The van der Waals surface area contributed by atoms with E-state index in [9.17, 15) is 25.3 Å². The van der Waals surface area contributed by atoms with Crippen LogP contribution in [0.5, 0.6) is 17.2 Å². The summed E-state index contributed by atoms with van der Waals surface area (Å²) in [6.45, 7) is 9.81. The number of sulfone groups is 3. The standard InChI is InChI=1S/C22H18N2O4S.C21H17N3O4S.C21H17N3O3S.C21H17N3O2S.C21H17N3OS.2CO2/c1-15-11-13-16(14-12-15)29(25,26)20-10-6-4-8-18(20)22-23-21(24-28-22)17-7-3-5-9-19(17)27-2;1-27-18-8-4-2-6-16(18)20-23-21(28-24-20)17-7-3-5-9-19(17)29(25,26)15-12-10-14(22)11-13-15;1-14-7-9-17(10-8-14)28(25,26)19-6-4-3-5-18(19)21-23-20(24-27-21)16-11-15(2)12-22-13-16;1-25-18-8-4-2-6-16(18)20-23-21(26-24-20)17-7-3-5-9-19(17)27-15-12-10-14(22)11-13-15;1-14-7-9-17(10-8-14)26-19-6-4-3-5-18(19)21-23-20(24-25-21)16-11-15(2)12-22-13-16;2*2-1-3/h3-14H,1-2H3;2-13H,22H2,1H3;3-13H,1-2H3;2-13H,22H2,1H3;3-13H,1-2H3;;. The van der Waals surface area contributed by atoms with Crippen molar-refractivity contribution < 1.29 is 81.3 Å². The third kappa shape index (κ3) is 25.7. The maximum atomic E-state index is 13.2. The smallest absolute Gasteiger partial charge is 0.373 e. The Labute approximate surface area is 840 Å². The summed E-state index contributed by atoms with van der Waals surface area (Å²) in [5, 5.41) is 20.3. The molecule has 0 aliphatic rings. The van der Waals surface area contributed by atoms with Crippen LogP contribution in [-0.4, -0.2) is 120 Å². The maximum absolute atomic E-state index is 13.2. The Balaban J connectivity index is 0.000000141. The number of nitrogens with zero attached hydrogens (tertiary/aromatic N) is 12. The first kappa shape index (κ1) is 103. The highest BCUT2D eigenvalue weighted by Crippen LogP contribution is 2.42. The molecule has 0 atom stereocenters. The van der Waals surface area contributed by atoms with Crippen LogP contribution in [-0.2, 0) is 48.7 Å². The van der Waals surface area contributed by atoms with Crippen molar-refractivity contribution >= 4 is 76.7 Å². The largest absolute Gasteiger partial charge is 0.496 e. The second kappa shape index (κ2) is 48.4. The molecule has 37 heteroatoms. The van der Waals surface area contributed by atoms with E-state index in [0.29, 0.717) is 97.2 Å². The highest BCUT2D eigenvalue weighted by molar-refractivity contribution is 7.99. The Hall–Kier alpha value is -17.8. The molecule has 7 heterocycles. The van der Waals surface area contributed by atoms with Gasteiger partial charge in [0.15, 0.2) is 0 Å². The molecule has 0 saturated heterocycles. The third-order valence-corrected chi connectivity index (χ3v) is 28.8. The third-order valence-electron chi connectivity index (χ3n) is 21.1. The Morgan fingerprint density at radius 3 is 0.807 bits per heavy atom. The van der Waals surface area contributed by atoms with Gasteiger partial charge in [-0.25, -0.2) is 25.3 Å². The fourth-order valence-electron chi connectivity index (χ4n) is 14.0. The van der Waals surface area contributed by atoms with Crippen molar-refractivity contribution in [3.05, 3.63) is 380 Å². The van der Waals surface area contributed by atoms with Crippen molar-refractivity contribution in [3.8, 4) is 131 Å². The zero-order chi connectivity index (χ0) is 103. The molecule has 0 aliphatic carbocycles. The summed E-state index contributed by atoms with van der Waals surface area (Å²) >= 11 is 3.31. The lowest BCUT2D eigenvalue weighted by Gasteiger charge is -2.08. The molecule has 145 heavy (non-hydrogen) atoms. The summed E-state index contributed by atoms with van der Waals surface area (Å²) in [5.74, 6) is 5.25. The lowest BCUT2D eigenvalue weighted by atomic mass is 10.2. The Kier molecular flexibility index (Phi) is 34.4. The first-order valence-corrected chi connectivity index (χ1v) is 49.7. The number of para-hydroxylation sites is 3. The molecule has 0 spiro atoms. The number of nitrogen functional groups attached to an aromatic ring is 2. The van der Waals surface area contributed by atoms with E-state index in [-0.39, 0.29) is 59.3 Å². The quantitative estimate of drug-likeness (QED) is 0.0562. The lowest BCUT2D eigenvalue weighted by Crippen LogP contribution is -2.04. The summed E-state index contributed by atoms with van der Waals surface area (Å²) in [7, 11) is -6.57. The van der Waals surface area contributed by atoms with Crippen LogP contribution in [0.15, 0.2) is 424 Å². The zero-order valence-electron chi connectivity index (χ0n) is 78.4. The molecule has 4 N–H and O–H groups in total. The Morgan fingerprint density at radius 2 is 0.503 bits per heavy atom. The van der Waals surface area contributed by atoms with Gasteiger partial charge in [0.1, 0.15) is 17.2 Å². The molecule has 0 fully saturated rings. The fraction of sp³-hybridized carbons (Fsp3) is 0.0741. The number of methoxy groups -OCH3 is 3. The molecule has 20 rings (SSSR count). The lowest BCUT2D eigenvalue weighted by molar-refractivity contribution is -0.193. The van der Waals surface area contributed by atoms with Gasteiger partial charge in [-0.3, -0.25) is 9.97 Å². The summed E-state index contributed by atoms with van der Waals surface area (Å²) in [4.78, 5) is 68.4. The molecule has 20 aromatic rings. The molecule has 32 nitrogen and oxygen atoms in total. The van der Waals surface area contributed by atoms with E-state index in [1.807, 2.05) is 161 Å². The summed E-state index contributed by atoms with van der Waals surface area (Å²) in [5.41, 5.74) is 24.4. The molecule has 0 unspecified atom stereocenters. The van der Waals surface area contributed by atoms with Gasteiger partial charge in [0.2, 0.25) is 58.6 Å². The van der Waals surface area contributed by atoms with E-state index < -0.39 is 29.5 Å². The SMILES string of the molecule is COc1ccccc1-c1noc(-c2ccccc2S(=O)(=O)c2ccc(C)cc2)n1.COc1ccccc1-c1noc(-c2ccccc2S(=O)(=O)c2ccc(N)cc2)n1.COc1ccccc1-c1noc(-c2ccccc2Sc2ccc(N)cc2)n1.Cc1ccc(S(=O)(=O)c2ccccc2-c2nc(-c3cncc(C)c3)no2)cc1.Cc1ccc(Sc2ccccc2-c2nc(-c3cncc(C)c3)no2)cc1.O=C=O.O=C=O. The molecule has 0 amide bonds. The summed E-state index contributed by atoms with van der Waals surface area (Å²) < 4.78 is 122. The topological polar surface area (TPSA) is 471 Å². The number of nitrogens with two attached hydrogens (primary N) is 2. The molecule has 13 aromatic carbocycles. The second-order valence-corrected chi connectivity index (χ2v) is 39.1. The van der Waals surface area contributed by atoms with Gasteiger partial charge in [0, 0.05) is 66.9 Å². The van der Waals surface area contributed by atoms with Crippen LogP contribution in [0.1, 0.15) is 27.8 Å². The highest BCUT2D eigenvalue weighted by Gasteiger charge is 2.30. The number of aryl methyl sites for hydroxylation is 5. The van der Waals surface area contributed by atoms with Crippen molar-refractivity contribution in [3.63, 3.8) is 0 Å². The van der Waals surface area contributed by atoms with E-state index in [1.165, 1.54) is 34.7 Å². The van der Waals surface area contributed by atoms with E-state index in [0.717, 1.165) is 64.9 Å². The maximum Gasteiger partial charge on any atom is 0.373 e. The van der Waals surface area contributed by atoms with Gasteiger partial charge in [-0.2, -0.15) is 44.1 Å². The normalized spacial score (nSPS) is 10.8. The van der Waals surface area contributed by atoms with Crippen molar-refractivity contribution in [1.29, 1.82) is 0 Å². The highest BCUT2D eigenvalue weighted by atomic mass is 32.2. The minimum Gasteiger partial charge on any atom is -0.496 e. The second-order valence-electron chi connectivity index (χ2n) is 31.2. The van der Waals surface area contributed by atoms with E-state index >= 15 is 0 Å². The summed E-state index contributed by atoms with van der Waals surface area (Å²) in [6, 6.07) is 97.4. The van der Waals surface area contributed by atoms with Crippen molar-refractivity contribution in [1.82, 2.24) is 60.7 Å². The van der Waals surface area contributed by atoms with Gasteiger partial charge in [0.25, 0.3) is 29.5 Å². The number of ether oxygens (including phenoxy) is 3. The number of carbonyl (C=O) groups excluding carboxylic acids is 4. The number of anilines is 2. The predicted octanol–water partition coefficient (Wildman–Crippen LogP) is 22.2. The van der Waals surface area contributed by atoms with E-state index in [1.54, 1.807) is 209 Å². The number of aromatic nitrogens is 12. The van der Waals surface area contributed by atoms with Crippen molar-refractivity contribution in [2.45, 2.75) is 83.6 Å². The number of rotatable bonds is 23. The van der Waals surface area contributed by atoms with Crippen LogP contribution >= 0.6 is 23.5 Å². The fourth-order valence-corrected chi connectivity index (χ4v) is 20.3. The number of hydrogen-bond donors (Lipinski definition) is 2. The van der Waals surface area contributed by atoms with Crippen LogP contribution in [0.3, 0.4) is 0 Å². The minimum atomic E-state index is -3.81. The number of hydrogen-bond acceptors (Lipinski definition) is 34. The molecule has 726 valence electrons. The monoisotopic (exact) mass is 2030 g/mol. The predicted molar refractivity (Wildman–Crippen MR) is 540 cm³/mol. The van der Waals surface area contributed by atoms with Crippen molar-refractivity contribution in [2.75, 3.05) is 32.8 Å². The number of benzene rings is 13. The molecule has 7 aromatic heterocycles. The van der Waals surface area contributed by atoms with Gasteiger partial charge < -0.3 is 48.3 Å². The number of pyridine rings is 2. The van der Waals surface area contributed by atoms with Crippen molar-refractivity contribution in [2.24, 2.45) is 0 Å². The average molecular weight is 2030 g/mol. The molecular formula is C108H86N14O18S5. The first-order valence-electron chi connectivity index (χ1n) is 43.6. The van der Waals surface area contributed by atoms with Crippen LogP contribution in [0.2, 0.25) is 0 Å². The molecular weight excluding hydrogens is 1940 g/mol. The molecule has 0 saturated carbocycles. The Bertz CT molecular complexity index is 8090. The van der Waals surface area contributed by atoms with Crippen LogP contribution in [0.4, 0.5) is 11.4 Å². The van der Waals surface area contributed by atoms with Gasteiger partial charge >= 0.3 is 12.3 Å². The molecule has 0 bridgehead atoms. The molecule has 0 radical (unpaired) electrons. The molecule has 0 aliphatic heterocycles. The van der Waals surface area contributed by atoms with Gasteiger partial charge in [-0.05, 0) is 240 Å². The minimum absolute atomic E-state index is 0.0694. The Morgan fingerprint density at radius 1 is 0.269 bits per heavy atom. The van der Waals surface area contributed by atoms with Gasteiger partial charge in [-0.15, -0.1) is 0 Å². The van der Waals surface area contributed by atoms with E-state index in [4.69, 9.17) is 67.5 Å². The van der Waals surface area contributed by atoms with Crippen LogP contribution < -0.4 is 25.7 Å². The van der Waals surface area contributed by atoms with E-state index in [2.05, 4.69) is 97.9 Å². The average Bonchev–Trinajstić information content (AvgIpc) is 1.64. The first-order chi connectivity index (χ1) is 70.2. The summed E-state index contributed by atoms with van der Waals surface area (Å²) in [6.07, 6.45) is 7.41. The zero-order valence-corrected chi connectivity index (χ0v) is 82.5. The van der Waals surface area contributed by atoms with Gasteiger partial charge in [0.05, 0.1) is 95.2 Å².